The number of rotatable bonds is 7. The number of hydrogen-bond donors (Lipinski definition) is 1. The highest BCUT2D eigenvalue weighted by Gasteiger charge is 2.30. The van der Waals surface area contributed by atoms with Crippen LogP contribution in [0.3, 0.4) is 0 Å². The quantitative estimate of drug-likeness (QED) is 0.306. The van der Waals surface area contributed by atoms with E-state index in [2.05, 4.69) is 5.32 Å². The molecule has 3 rings (SSSR count). The Kier molecular flexibility index (Phi) is 7.82. The molecule has 1 amide bonds. The zero-order valence-electron chi connectivity index (χ0n) is 17.8. The van der Waals surface area contributed by atoms with Crippen molar-refractivity contribution in [3.05, 3.63) is 94.0 Å². The predicted molar refractivity (Wildman–Crippen MR) is 122 cm³/mol. The first-order valence-electron chi connectivity index (χ1n) is 9.85. The van der Waals surface area contributed by atoms with Crippen molar-refractivity contribution in [2.75, 3.05) is 12.4 Å². The highest BCUT2D eigenvalue weighted by atomic mass is 35.5. The Morgan fingerprint density at radius 1 is 1.09 bits per heavy atom. The maximum atomic E-state index is 12.9. The van der Waals surface area contributed by atoms with Gasteiger partial charge < -0.3 is 14.8 Å². The van der Waals surface area contributed by atoms with Gasteiger partial charge in [-0.15, -0.1) is 0 Å². The van der Waals surface area contributed by atoms with Gasteiger partial charge in [0.25, 0.3) is 5.91 Å². The van der Waals surface area contributed by atoms with Gasteiger partial charge in [-0.25, -0.2) is 0 Å². The molecule has 3 aromatic carbocycles. The van der Waals surface area contributed by atoms with E-state index in [0.717, 1.165) is 17.7 Å². The summed E-state index contributed by atoms with van der Waals surface area (Å²) < 4.78 is 49.8. The molecule has 0 unspecified atom stereocenters. The van der Waals surface area contributed by atoms with Crippen LogP contribution in [0.4, 0.5) is 18.9 Å². The molecule has 1 N–H and O–H groups in total. The van der Waals surface area contributed by atoms with Gasteiger partial charge in [0.2, 0.25) is 0 Å². The maximum Gasteiger partial charge on any atom is 0.416 e. The first-order chi connectivity index (χ1) is 16.2. The third-order valence-electron chi connectivity index (χ3n) is 4.59. The third-order valence-corrected chi connectivity index (χ3v) is 4.83. The molecular formula is C25H18ClF3N2O3. The van der Waals surface area contributed by atoms with E-state index < -0.39 is 17.6 Å². The van der Waals surface area contributed by atoms with Crippen molar-refractivity contribution in [2.24, 2.45) is 0 Å². The molecule has 0 aromatic heterocycles. The summed E-state index contributed by atoms with van der Waals surface area (Å²) in [5, 5.41) is 12.3. The van der Waals surface area contributed by atoms with E-state index in [1.54, 1.807) is 42.5 Å². The van der Waals surface area contributed by atoms with Gasteiger partial charge in [-0.05, 0) is 59.7 Å². The Bertz CT molecular complexity index is 1270. The van der Waals surface area contributed by atoms with E-state index in [-0.39, 0.29) is 17.9 Å². The number of hydrogen-bond acceptors (Lipinski definition) is 4. The molecule has 0 bridgehead atoms. The van der Waals surface area contributed by atoms with Crippen molar-refractivity contribution in [3.63, 3.8) is 0 Å². The number of halogens is 4. The number of anilines is 1. The van der Waals surface area contributed by atoms with E-state index in [0.29, 0.717) is 22.1 Å². The summed E-state index contributed by atoms with van der Waals surface area (Å²) in [7, 11) is 1.45. The van der Waals surface area contributed by atoms with E-state index in [1.807, 2.05) is 6.07 Å². The van der Waals surface area contributed by atoms with Crippen LogP contribution in [0.5, 0.6) is 11.5 Å². The summed E-state index contributed by atoms with van der Waals surface area (Å²) in [6, 6.07) is 17.9. The second kappa shape index (κ2) is 10.8. The van der Waals surface area contributed by atoms with Gasteiger partial charge in [0, 0.05) is 10.7 Å². The number of ether oxygens (including phenoxy) is 2. The molecule has 0 atom stereocenters. The standard InChI is InChI=1S/C25H18ClF3N2O3/c1-33-23-12-16(8-9-22(23)34-15-17-4-2-6-20(26)11-17)10-18(14-30)24(32)31-21-7-3-5-19(13-21)25(27,28)29/h2-13H,15H2,1H3,(H,31,32)/b18-10+. The predicted octanol–water partition coefficient (Wildman–Crippen LogP) is 6.49. The van der Waals surface area contributed by atoms with E-state index >= 15 is 0 Å². The third kappa shape index (κ3) is 6.53. The van der Waals surface area contributed by atoms with E-state index in [4.69, 9.17) is 21.1 Å². The van der Waals surface area contributed by atoms with Gasteiger partial charge in [0.1, 0.15) is 18.2 Å². The zero-order valence-corrected chi connectivity index (χ0v) is 18.6. The Labute approximate surface area is 199 Å². The summed E-state index contributed by atoms with van der Waals surface area (Å²) in [5.41, 5.74) is 0.0283. The molecule has 0 radical (unpaired) electrons. The second-order valence-electron chi connectivity index (χ2n) is 7.03. The van der Waals surface area contributed by atoms with Crippen molar-refractivity contribution < 1.29 is 27.4 Å². The number of alkyl halides is 3. The van der Waals surface area contributed by atoms with Crippen LogP contribution in [-0.4, -0.2) is 13.0 Å². The minimum Gasteiger partial charge on any atom is -0.493 e. The molecule has 0 fully saturated rings. The van der Waals surface area contributed by atoms with Crippen LogP contribution < -0.4 is 14.8 Å². The molecule has 0 spiro atoms. The number of carbonyl (C=O) groups excluding carboxylic acids is 1. The van der Waals surface area contributed by atoms with Gasteiger partial charge >= 0.3 is 6.18 Å². The molecule has 0 heterocycles. The molecule has 5 nitrogen and oxygen atoms in total. The maximum absolute atomic E-state index is 12.9. The second-order valence-corrected chi connectivity index (χ2v) is 7.47. The van der Waals surface area contributed by atoms with Crippen LogP contribution in [0.15, 0.2) is 72.3 Å². The van der Waals surface area contributed by atoms with Gasteiger partial charge in [-0.1, -0.05) is 35.9 Å². The van der Waals surface area contributed by atoms with Crippen molar-refractivity contribution in [1.29, 1.82) is 5.26 Å². The Morgan fingerprint density at radius 2 is 1.85 bits per heavy atom. The minimum atomic E-state index is -4.55. The molecule has 0 saturated heterocycles. The van der Waals surface area contributed by atoms with Gasteiger partial charge in [-0.3, -0.25) is 4.79 Å². The first-order valence-corrected chi connectivity index (χ1v) is 10.2. The number of benzene rings is 3. The molecule has 0 aliphatic heterocycles. The highest BCUT2D eigenvalue weighted by molar-refractivity contribution is 6.30. The molecule has 0 saturated carbocycles. The highest BCUT2D eigenvalue weighted by Crippen LogP contribution is 2.31. The van der Waals surface area contributed by atoms with E-state index in [9.17, 15) is 23.2 Å². The summed E-state index contributed by atoms with van der Waals surface area (Å²) in [6.07, 6.45) is -3.26. The summed E-state index contributed by atoms with van der Waals surface area (Å²) >= 11 is 5.98. The summed E-state index contributed by atoms with van der Waals surface area (Å²) in [6.45, 7) is 0.245. The van der Waals surface area contributed by atoms with Crippen molar-refractivity contribution in [3.8, 4) is 17.6 Å². The first kappa shape index (κ1) is 24.7. The fraction of sp³-hybridized carbons (Fsp3) is 0.120. The number of nitriles is 1. The smallest absolute Gasteiger partial charge is 0.416 e. The fourth-order valence-electron chi connectivity index (χ4n) is 2.97. The summed E-state index contributed by atoms with van der Waals surface area (Å²) in [4.78, 5) is 12.5. The van der Waals surface area contributed by atoms with Crippen molar-refractivity contribution in [1.82, 2.24) is 0 Å². The SMILES string of the molecule is COc1cc(/C=C(\C#N)C(=O)Nc2cccc(C(F)(F)F)c2)ccc1OCc1cccc(Cl)c1. The lowest BCUT2D eigenvalue weighted by Crippen LogP contribution is -2.14. The molecule has 9 heteroatoms. The lowest BCUT2D eigenvalue weighted by Gasteiger charge is -2.12. The number of methoxy groups -OCH3 is 1. The fourth-order valence-corrected chi connectivity index (χ4v) is 3.18. The van der Waals surface area contributed by atoms with Crippen LogP contribution >= 0.6 is 11.6 Å². The minimum absolute atomic E-state index is 0.0803. The van der Waals surface area contributed by atoms with Gasteiger partial charge in [0.05, 0.1) is 12.7 Å². The average molecular weight is 487 g/mol. The number of amides is 1. The molecule has 0 aliphatic carbocycles. The largest absolute Gasteiger partial charge is 0.493 e. The zero-order chi connectivity index (χ0) is 24.7. The van der Waals surface area contributed by atoms with Crippen LogP contribution in [0, 0.1) is 11.3 Å². The number of nitrogens with one attached hydrogen (secondary N) is 1. The molecule has 34 heavy (non-hydrogen) atoms. The Hall–Kier alpha value is -3.96. The molecule has 3 aromatic rings. The Balaban J connectivity index is 1.76. The topological polar surface area (TPSA) is 71.3 Å². The monoisotopic (exact) mass is 486 g/mol. The van der Waals surface area contributed by atoms with Crippen molar-refractivity contribution in [2.45, 2.75) is 12.8 Å². The van der Waals surface area contributed by atoms with Crippen LogP contribution in [0.1, 0.15) is 16.7 Å². The lowest BCUT2D eigenvalue weighted by molar-refractivity contribution is -0.137. The van der Waals surface area contributed by atoms with Crippen LogP contribution in [-0.2, 0) is 17.6 Å². The van der Waals surface area contributed by atoms with Crippen molar-refractivity contribution >= 4 is 29.3 Å². The Morgan fingerprint density at radius 3 is 2.53 bits per heavy atom. The van der Waals surface area contributed by atoms with Crippen LogP contribution in [0.2, 0.25) is 5.02 Å². The lowest BCUT2D eigenvalue weighted by atomic mass is 10.1. The number of carbonyl (C=O) groups is 1. The normalized spacial score (nSPS) is 11.5. The van der Waals surface area contributed by atoms with E-state index in [1.165, 1.54) is 25.3 Å². The summed E-state index contributed by atoms with van der Waals surface area (Å²) in [5.74, 6) is -0.0417. The molecular weight excluding hydrogens is 469 g/mol. The average Bonchev–Trinajstić information content (AvgIpc) is 2.81. The van der Waals surface area contributed by atoms with Gasteiger partial charge in [0.15, 0.2) is 11.5 Å². The number of nitrogens with zero attached hydrogens (tertiary/aromatic N) is 1. The van der Waals surface area contributed by atoms with Crippen LogP contribution in [0.25, 0.3) is 6.08 Å². The van der Waals surface area contributed by atoms with Gasteiger partial charge in [-0.2, -0.15) is 18.4 Å². The molecule has 174 valence electrons. The molecule has 0 aliphatic rings.